The van der Waals surface area contributed by atoms with Gasteiger partial charge in [-0.3, -0.25) is 9.00 Å². The van der Waals surface area contributed by atoms with E-state index < -0.39 is 34.2 Å². The van der Waals surface area contributed by atoms with Crippen LogP contribution in [0.3, 0.4) is 0 Å². The lowest BCUT2D eigenvalue weighted by Crippen LogP contribution is -2.19. The second-order valence-electron chi connectivity index (χ2n) is 3.97. The number of halogens is 1. The monoisotopic (exact) mass is 311 g/mol. The van der Waals surface area contributed by atoms with Crippen molar-refractivity contribution < 1.29 is 27.7 Å². The average Bonchev–Trinajstić information content (AvgIpc) is 2.88. The third kappa shape index (κ3) is 3.99. The summed E-state index contributed by atoms with van der Waals surface area (Å²) >= 11 is 0. The lowest BCUT2D eigenvalue weighted by atomic mass is 10.3. The molecule has 1 aromatic carbocycles. The van der Waals surface area contributed by atoms with E-state index in [1.165, 1.54) is 24.3 Å². The average molecular weight is 311 g/mol. The minimum atomic E-state index is -1.82. The van der Waals surface area contributed by atoms with E-state index >= 15 is 0 Å². The highest BCUT2D eigenvalue weighted by atomic mass is 32.2. The number of hydrogen-bond acceptors (Lipinski definition) is 4. The molecule has 1 amide bonds. The minimum Gasteiger partial charge on any atom is -0.475 e. The zero-order valence-electron chi connectivity index (χ0n) is 10.5. The Morgan fingerprint density at radius 3 is 2.67 bits per heavy atom. The summed E-state index contributed by atoms with van der Waals surface area (Å²) in [5.41, 5.74) is 0.239. The van der Waals surface area contributed by atoms with Gasteiger partial charge in [-0.05, 0) is 30.3 Å². The van der Waals surface area contributed by atoms with Gasteiger partial charge in [0.25, 0.3) is 0 Å². The Hall–Kier alpha value is -2.48. The molecule has 1 aromatic heterocycles. The highest BCUT2D eigenvalue weighted by molar-refractivity contribution is 7.85. The summed E-state index contributed by atoms with van der Waals surface area (Å²) in [5, 5.41) is 10.9. The topological polar surface area (TPSA) is 96.6 Å². The van der Waals surface area contributed by atoms with Gasteiger partial charge in [0.15, 0.2) is 5.09 Å². The van der Waals surface area contributed by atoms with E-state index in [1.54, 1.807) is 0 Å². The molecule has 0 bridgehead atoms. The first-order chi connectivity index (χ1) is 9.95. The molecule has 1 heterocycles. The first-order valence-electron chi connectivity index (χ1n) is 5.72. The van der Waals surface area contributed by atoms with Crippen molar-refractivity contribution in [3.05, 3.63) is 48.0 Å². The van der Waals surface area contributed by atoms with Crippen LogP contribution in [0.5, 0.6) is 0 Å². The van der Waals surface area contributed by atoms with E-state index in [4.69, 9.17) is 9.52 Å². The number of furan rings is 1. The fraction of sp³-hybridized carbons (Fsp3) is 0.0769. The van der Waals surface area contributed by atoms with Crippen LogP contribution in [0.2, 0.25) is 0 Å². The molecule has 0 aliphatic heterocycles. The Morgan fingerprint density at radius 2 is 2.05 bits per heavy atom. The molecule has 0 spiro atoms. The number of carboxylic acid groups (broad SMARTS) is 1. The maximum absolute atomic E-state index is 12.9. The highest BCUT2D eigenvalue weighted by Crippen LogP contribution is 2.13. The Kier molecular flexibility index (Phi) is 4.49. The highest BCUT2D eigenvalue weighted by Gasteiger charge is 2.16. The summed E-state index contributed by atoms with van der Waals surface area (Å²) in [4.78, 5) is 22.3. The van der Waals surface area contributed by atoms with E-state index in [0.717, 1.165) is 12.1 Å². The van der Waals surface area contributed by atoms with Gasteiger partial charge in [-0.1, -0.05) is 6.07 Å². The van der Waals surface area contributed by atoms with E-state index in [-0.39, 0.29) is 16.5 Å². The molecule has 2 N–H and O–H groups in total. The largest absolute Gasteiger partial charge is 0.475 e. The van der Waals surface area contributed by atoms with Crippen molar-refractivity contribution in [3.8, 4) is 0 Å². The number of rotatable bonds is 5. The van der Waals surface area contributed by atoms with Gasteiger partial charge < -0.3 is 14.8 Å². The second-order valence-corrected chi connectivity index (χ2v) is 5.35. The van der Waals surface area contributed by atoms with Gasteiger partial charge >= 0.3 is 5.97 Å². The quantitative estimate of drug-likeness (QED) is 0.878. The molecule has 110 valence electrons. The molecule has 6 nitrogen and oxygen atoms in total. The SMILES string of the molecule is O=C(CS(=O)c1ccc(C(=O)O)o1)Nc1cccc(F)c1. The molecular weight excluding hydrogens is 301 g/mol. The minimum absolute atomic E-state index is 0.109. The number of nitrogens with one attached hydrogen (secondary N) is 1. The summed E-state index contributed by atoms with van der Waals surface area (Å²) in [6.45, 7) is 0. The van der Waals surface area contributed by atoms with E-state index in [0.29, 0.717) is 0 Å². The first kappa shape index (κ1) is 14.9. The van der Waals surface area contributed by atoms with Crippen molar-refractivity contribution in [3.63, 3.8) is 0 Å². The van der Waals surface area contributed by atoms with E-state index in [1.807, 2.05) is 0 Å². The molecule has 0 aliphatic rings. The molecule has 2 rings (SSSR count). The fourth-order valence-corrected chi connectivity index (χ4v) is 2.37. The Balaban J connectivity index is 1.98. The number of carboxylic acids is 1. The maximum Gasteiger partial charge on any atom is 0.371 e. The lowest BCUT2D eigenvalue weighted by molar-refractivity contribution is -0.113. The predicted molar refractivity (Wildman–Crippen MR) is 72.0 cm³/mol. The summed E-state index contributed by atoms with van der Waals surface area (Å²) in [7, 11) is -1.82. The number of amides is 1. The number of anilines is 1. The zero-order chi connectivity index (χ0) is 15.4. The summed E-state index contributed by atoms with van der Waals surface area (Å²) < 4.78 is 29.6. The van der Waals surface area contributed by atoms with Gasteiger partial charge in [0.05, 0.1) is 10.8 Å². The zero-order valence-corrected chi connectivity index (χ0v) is 11.4. The maximum atomic E-state index is 12.9. The van der Waals surface area contributed by atoms with Crippen molar-refractivity contribution in [1.29, 1.82) is 0 Å². The third-order valence-electron chi connectivity index (χ3n) is 2.39. The number of aromatic carboxylic acids is 1. The van der Waals surface area contributed by atoms with Crippen LogP contribution in [-0.4, -0.2) is 26.9 Å². The predicted octanol–water partition coefficient (Wildman–Crippen LogP) is 1.86. The molecule has 2 aromatic rings. The van der Waals surface area contributed by atoms with Crippen LogP contribution >= 0.6 is 0 Å². The van der Waals surface area contributed by atoms with Crippen molar-refractivity contribution in [1.82, 2.24) is 0 Å². The van der Waals surface area contributed by atoms with Crippen LogP contribution < -0.4 is 5.32 Å². The summed E-state index contributed by atoms with van der Waals surface area (Å²) in [6.07, 6.45) is 0. The fourth-order valence-electron chi connectivity index (χ4n) is 1.51. The van der Waals surface area contributed by atoms with Crippen LogP contribution in [0, 0.1) is 5.82 Å². The number of carbonyl (C=O) groups is 2. The number of benzene rings is 1. The molecular formula is C13H10FNO5S. The standard InChI is InChI=1S/C13H10FNO5S/c14-8-2-1-3-9(6-8)15-11(16)7-21(19)12-5-4-10(20-12)13(17)18/h1-6H,7H2,(H,15,16)(H,17,18). The molecule has 0 radical (unpaired) electrons. The molecule has 0 saturated heterocycles. The van der Waals surface area contributed by atoms with Crippen LogP contribution in [0.15, 0.2) is 45.9 Å². The van der Waals surface area contributed by atoms with Crippen molar-refractivity contribution in [2.75, 3.05) is 11.1 Å². The lowest BCUT2D eigenvalue weighted by Gasteiger charge is -2.04. The molecule has 1 unspecified atom stereocenters. The van der Waals surface area contributed by atoms with Gasteiger partial charge in [0, 0.05) is 5.69 Å². The van der Waals surface area contributed by atoms with Crippen LogP contribution in [0.1, 0.15) is 10.6 Å². The Morgan fingerprint density at radius 1 is 1.29 bits per heavy atom. The summed E-state index contributed by atoms with van der Waals surface area (Å²) in [5.74, 6) is -3.19. The number of carbonyl (C=O) groups excluding carboxylic acids is 1. The van der Waals surface area contributed by atoms with Gasteiger partial charge in [-0.15, -0.1) is 0 Å². The summed E-state index contributed by atoms with van der Waals surface area (Å²) in [6, 6.07) is 7.64. The van der Waals surface area contributed by atoms with E-state index in [2.05, 4.69) is 5.32 Å². The molecule has 0 saturated carbocycles. The normalized spacial score (nSPS) is 11.9. The van der Waals surface area contributed by atoms with Gasteiger partial charge in [-0.25, -0.2) is 9.18 Å². The molecule has 1 atom stereocenters. The van der Waals surface area contributed by atoms with Crippen molar-refractivity contribution in [2.24, 2.45) is 0 Å². The van der Waals surface area contributed by atoms with Crippen LogP contribution in [0.25, 0.3) is 0 Å². The van der Waals surface area contributed by atoms with Crippen molar-refractivity contribution in [2.45, 2.75) is 5.09 Å². The van der Waals surface area contributed by atoms with Gasteiger partial charge in [0.1, 0.15) is 11.6 Å². The van der Waals surface area contributed by atoms with Gasteiger partial charge in [0.2, 0.25) is 11.7 Å². The molecule has 0 fully saturated rings. The first-order valence-corrected chi connectivity index (χ1v) is 7.04. The third-order valence-corrected chi connectivity index (χ3v) is 3.58. The molecule has 8 heteroatoms. The van der Waals surface area contributed by atoms with Gasteiger partial charge in [-0.2, -0.15) is 0 Å². The van der Waals surface area contributed by atoms with Crippen LogP contribution in [-0.2, 0) is 15.6 Å². The van der Waals surface area contributed by atoms with E-state index in [9.17, 15) is 18.2 Å². The van der Waals surface area contributed by atoms with Crippen LogP contribution in [0.4, 0.5) is 10.1 Å². The molecule has 21 heavy (non-hydrogen) atoms. The Labute approximate surface area is 121 Å². The second kappa shape index (κ2) is 6.31. The van der Waals surface area contributed by atoms with Crippen molar-refractivity contribution >= 4 is 28.4 Å². The molecule has 0 aliphatic carbocycles. The Bertz CT molecular complexity index is 712. The number of hydrogen-bond donors (Lipinski definition) is 2. The smallest absolute Gasteiger partial charge is 0.371 e.